The van der Waals surface area contributed by atoms with Crippen LogP contribution < -0.4 is 0 Å². The van der Waals surface area contributed by atoms with E-state index >= 15 is 0 Å². The summed E-state index contributed by atoms with van der Waals surface area (Å²) in [5.41, 5.74) is 10.6. The summed E-state index contributed by atoms with van der Waals surface area (Å²) < 4.78 is 6.12. The molecule has 1 aliphatic heterocycles. The van der Waals surface area contributed by atoms with Crippen molar-refractivity contribution >= 4 is 5.97 Å². The molecule has 4 aliphatic rings. The summed E-state index contributed by atoms with van der Waals surface area (Å²) in [6.45, 7) is 7.60. The molecule has 166 valence electrons. The maximum atomic E-state index is 12.8. The van der Waals surface area contributed by atoms with Crippen LogP contribution >= 0.6 is 0 Å². The van der Waals surface area contributed by atoms with Crippen LogP contribution in [0.4, 0.5) is 0 Å². The van der Waals surface area contributed by atoms with Crippen LogP contribution in [0.2, 0.25) is 0 Å². The van der Waals surface area contributed by atoms with Crippen LogP contribution in [-0.4, -0.2) is 12.5 Å². The van der Waals surface area contributed by atoms with E-state index in [1.54, 1.807) is 0 Å². The first-order chi connectivity index (χ1) is 14.5. The number of esters is 1. The average Bonchev–Trinajstić information content (AvgIpc) is 3.08. The van der Waals surface area contributed by atoms with Gasteiger partial charge in [-0.15, -0.1) is 0 Å². The van der Waals surface area contributed by atoms with E-state index in [0.717, 1.165) is 37.9 Å². The zero-order valence-corrected chi connectivity index (χ0v) is 19.1. The topological polar surface area (TPSA) is 75.1 Å². The highest BCUT2D eigenvalue weighted by Gasteiger charge is 2.56. The number of ether oxygens (including phenoxy) is 1. The third-order valence-corrected chi connectivity index (χ3v) is 9.01. The lowest BCUT2D eigenvalue weighted by atomic mass is 9.59. The molecule has 0 radical (unpaired) electrons. The minimum absolute atomic E-state index is 0.0497. The van der Waals surface area contributed by atoms with Gasteiger partial charge in [0, 0.05) is 17.4 Å². The number of hydrogen-bond acceptors (Lipinski definition) is 3. The number of allylic oxidation sites excluding steroid dienone is 2. The normalized spacial score (nSPS) is 36.5. The van der Waals surface area contributed by atoms with Gasteiger partial charge in [0.15, 0.2) is 0 Å². The van der Waals surface area contributed by atoms with E-state index in [1.807, 2.05) is 0 Å². The van der Waals surface area contributed by atoms with Gasteiger partial charge in [-0.05, 0) is 78.7 Å². The molecule has 0 bridgehead atoms. The molecular weight excluding hydrogens is 374 g/mol. The summed E-state index contributed by atoms with van der Waals surface area (Å²) >= 11 is 0. The first-order valence-corrected chi connectivity index (χ1v) is 12.4. The van der Waals surface area contributed by atoms with E-state index < -0.39 is 0 Å². The second kappa shape index (κ2) is 8.94. The summed E-state index contributed by atoms with van der Waals surface area (Å²) in [5.74, 6) is 3.77. The molecule has 6 atom stereocenters. The van der Waals surface area contributed by atoms with Crippen LogP contribution in [0.15, 0.2) is 16.4 Å². The predicted molar refractivity (Wildman–Crippen MR) is 118 cm³/mol. The van der Waals surface area contributed by atoms with Crippen LogP contribution in [-0.2, 0) is 9.53 Å². The largest absolute Gasteiger partial charge is 0.431 e. The van der Waals surface area contributed by atoms with Crippen LogP contribution in [0.25, 0.3) is 10.4 Å². The summed E-state index contributed by atoms with van der Waals surface area (Å²) in [6, 6.07) is 0. The summed E-state index contributed by atoms with van der Waals surface area (Å²) in [6.07, 6.45) is 12.7. The Bertz CT molecular complexity index is 739. The molecule has 5 nitrogen and oxygen atoms in total. The molecule has 0 aromatic heterocycles. The quantitative estimate of drug-likeness (QED) is 0.192. The van der Waals surface area contributed by atoms with Gasteiger partial charge in [0.25, 0.3) is 0 Å². The Morgan fingerprint density at radius 3 is 2.67 bits per heavy atom. The number of azide groups is 1. The smallest absolute Gasteiger partial charge is 0.314 e. The molecular formula is C25H39N3O2. The van der Waals surface area contributed by atoms with E-state index in [0.29, 0.717) is 36.1 Å². The molecule has 0 aromatic rings. The Morgan fingerprint density at radius 2 is 1.93 bits per heavy atom. The molecule has 3 aliphatic carbocycles. The average molecular weight is 414 g/mol. The highest BCUT2D eigenvalue weighted by atomic mass is 16.5. The number of fused-ring (bicyclic) bond motifs is 4. The van der Waals surface area contributed by atoms with Crippen molar-refractivity contribution in [3.05, 3.63) is 21.8 Å². The molecule has 0 amide bonds. The fourth-order valence-electron chi connectivity index (χ4n) is 7.45. The number of hydrogen-bond donors (Lipinski definition) is 0. The lowest BCUT2D eigenvalue weighted by molar-refractivity contribution is -0.152. The molecule has 1 heterocycles. The maximum absolute atomic E-state index is 12.8. The van der Waals surface area contributed by atoms with E-state index in [2.05, 4.69) is 30.8 Å². The molecule has 2 fully saturated rings. The third kappa shape index (κ3) is 3.90. The molecule has 0 saturated heterocycles. The van der Waals surface area contributed by atoms with Crippen molar-refractivity contribution in [1.29, 1.82) is 0 Å². The molecule has 4 rings (SSSR count). The van der Waals surface area contributed by atoms with E-state index in [4.69, 9.17) is 10.3 Å². The standard InChI is InChI=1S/C25H39N3O2/c1-16(2)7-6-8-17(15-27-28-26)21-11-12-22-23-19(13-14-25(21,22)3)18-9-4-5-10-20(18)24(29)30-23/h16-18,20-22H,4-15H2,1-3H3/t17-,18?,20?,21+,22-,25+/m0/s1. The van der Waals surface area contributed by atoms with Gasteiger partial charge in [-0.2, -0.15) is 0 Å². The van der Waals surface area contributed by atoms with Crippen molar-refractivity contribution in [1.82, 2.24) is 0 Å². The van der Waals surface area contributed by atoms with E-state index in [1.165, 1.54) is 44.1 Å². The number of nitrogens with zero attached hydrogens (tertiary/aromatic N) is 3. The van der Waals surface area contributed by atoms with Gasteiger partial charge in [0.1, 0.15) is 5.76 Å². The number of rotatable bonds is 7. The zero-order chi connectivity index (χ0) is 21.3. The minimum atomic E-state index is 0.0497. The first kappa shape index (κ1) is 21.7. The van der Waals surface area contributed by atoms with Crippen molar-refractivity contribution in [2.24, 2.45) is 46.0 Å². The van der Waals surface area contributed by atoms with Crippen LogP contribution in [0.1, 0.15) is 91.4 Å². The highest BCUT2D eigenvalue weighted by Crippen LogP contribution is 2.62. The molecule has 2 saturated carbocycles. The van der Waals surface area contributed by atoms with Crippen molar-refractivity contribution < 1.29 is 9.53 Å². The fraction of sp³-hybridized carbons (Fsp3) is 0.880. The van der Waals surface area contributed by atoms with Crippen molar-refractivity contribution in [3.63, 3.8) is 0 Å². The first-order valence-electron chi connectivity index (χ1n) is 12.4. The highest BCUT2D eigenvalue weighted by molar-refractivity contribution is 5.76. The molecule has 30 heavy (non-hydrogen) atoms. The van der Waals surface area contributed by atoms with E-state index in [9.17, 15) is 4.79 Å². The number of carbonyl (C=O) groups excluding carboxylic acids is 1. The molecule has 0 N–H and O–H groups in total. The monoisotopic (exact) mass is 413 g/mol. The van der Waals surface area contributed by atoms with Gasteiger partial charge in [0.05, 0.1) is 5.92 Å². The van der Waals surface area contributed by atoms with E-state index in [-0.39, 0.29) is 17.3 Å². The van der Waals surface area contributed by atoms with Crippen LogP contribution in [0.5, 0.6) is 0 Å². The van der Waals surface area contributed by atoms with Crippen molar-refractivity contribution in [2.75, 3.05) is 6.54 Å². The Hall–Kier alpha value is -1.48. The predicted octanol–water partition coefficient (Wildman–Crippen LogP) is 7.18. The van der Waals surface area contributed by atoms with Crippen LogP contribution in [0, 0.1) is 40.9 Å². The van der Waals surface area contributed by atoms with Crippen molar-refractivity contribution in [3.8, 4) is 0 Å². The SMILES string of the molecule is CC(C)CCC[C@@H](CN=[N+]=[N-])[C@H]1CC[C@H]2C3=C(CC[C@]12C)C1CCCCC1C(=O)O3. The lowest BCUT2D eigenvalue weighted by Crippen LogP contribution is -2.44. The summed E-state index contributed by atoms with van der Waals surface area (Å²) in [5, 5.41) is 4.01. The van der Waals surface area contributed by atoms with Crippen LogP contribution in [0.3, 0.4) is 0 Å². The zero-order valence-electron chi connectivity index (χ0n) is 19.1. The summed E-state index contributed by atoms with van der Waals surface area (Å²) in [4.78, 5) is 15.9. The second-order valence-electron chi connectivity index (χ2n) is 11.0. The minimum Gasteiger partial charge on any atom is -0.431 e. The Kier molecular flexibility index (Phi) is 6.48. The fourth-order valence-corrected chi connectivity index (χ4v) is 7.45. The second-order valence-corrected chi connectivity index (χ2v) is 11.0. The van der Waals surface area contributed by atoms with Gasteiger partial charge in [-0.25, -0.2) is 0 Å². The van der Waals surface area contributed by atoms with Gasteiger partial charge < -0.3 is 4.74 Å². The molecule has 0 spiro atoms. The Labute approximate surface area is 181 Å². The molecule has 2 unspecified atom stereocenters. The maximum Gasteiger partial charge on any atom is 0.314 e. The summed E-state index contributed by atoms with van der Waals surface area (Å²) in [7, 11) is 0. The molecule has 5 heteroatoms. The van der Waals surface area contributed by atoms with Gasteiger partial charge in [0.2, 0.25) is 0 Å². The van der Waals surface area contributed by atoms with Crippen molar-refractivity contribution in [2.45, 2.75) is 91.4 Å². The third-order valence-electron chi connectivity index (χ3n) is 9.01. The van der Waals surface area contributed by atoms with Gasteiger partial charge in [-0.3, -0.25) is 4.79 Å². The lowest BCUT2D eigenvalue weighted by Gasteiger charge is -2.48. The van der Waals surface area contributed by atoms with Gasteiger partial charge in [-0.1, -0.05) is 58.0 Å². The molecule has 0 aromatic carbocycles. The Balaban J connectivity index is 1.56. The Morgan fingerprint density at radius 1 is 1.17 bits per heavy atom. The van der Waals surface area contributed by atoms with Gasteiger partial charge >= 0.3 is 5.97 Å². The number of carbonyl (C=O) groups is 1.